The van der Waals surface area contributed by atoms with Gasteiger partial charge in [0.2, 0.25) is 0 Å². The molecule has 1 saturated heterocycles. The average Bonchev–Trinajstić information content (AvgIpc) is 3.59. The highest BCUT2D eigenvalue weighted by molar-refractivity contribution is 5.78. The van der Waals surface area contributed by atoms with Gasteiger partial charge in [0.25, 0.3) is 5.91 Å². The summed E-state index contributed by atoms with van der Waals surface area (Å²) in [7, 11) is 1.90. The number of alkyl halides is 6. The normalized spacial score (nSPS) is 22.4. The van der Waals surface area contributed by atoms with Crippen molar-refractivity contribution in [2.45, 2.75) is 56.6 Å². The fourth-order valence-corrected chi connectivity index (χ4v) is 4.11. The zero-order chi connectivity index (χ0) is 30.1. The minimum absolute atomic E-state index is 0.0333. The number of nitrogens with zero attached hydrogens (tertiary/aromatic N) is 2. The van der Waals surface area contributed by atoms with Crippen molar-refractivity contribution in [3.8, 4) is 5.75 Å². The molecule has 2 fully saturated rings. The van der Waals surface area contributed by atoms with E-state index in [2.05, 4.69) is 11.0 Å². The van der Waals surface area contributed by atoms with Gasteiger partial charge < -0.3 is 24.6 Å². The van der Waals surface area contributed by atoms with Crippen LogP contribution in [0.4, 0.5) is 26.3 Å². The third-order valence-corrected chi connectivity index (χ3v) is 6.40. The number of hydrogen-bond acceptors (Lipinski definition) is 6. The zero-order valence-electron chi connectivity index (χ0n) is 21.7. The number of amides is 1. The molecule has 1 saturated carbocycles. The summed E-state index contributed by atoms with van der Waals surface area (Å²) in [4.78, 5) is 34.9. The monoisotopic (exact) mass is 586 g/mol. The SMILES string of the molecule is CN1C(=O)COc2ccccc2CCCCO[C@@H]2CN(CC3CC3)C[C@@H]21.O=C(O)C(F)(F)F.O=C(O)C(F)(F)F. The predicted molar refractivity (Wildman–Crippen MR) is 128 cm³/mol. The van der Waals surface area contributed by atoms with E-state index in [0.29, 0.717) is 0 Å². The molecule has 2 heterocycles. The molecule has 2 aliphatic heterocycles. The van der Waals surface area contributed by atoms with Crippen molar-refractivity contribution in [1.82, 2.24) is 9.80 Å². The number of rotatable bonds is 2. The number of fused-ring (bicyclic) bond motifs is 2. The van der Waals surface area contributed by atoms with Crippen LogP contribution < -0.4 is 4.74 Å². The second-order valence-electron chi connectivity index (χ2n) is 9.60. The fraction of sp³-hybridized carbons (Fsp3) is 0.640. The Morgan fingerprint density at radius 1 is 0.975 bits per heavy atom. The number of benzene rings is 1. The molecule has 15 heteroatoms. The first-order chi connectivity index (χ1) is 18.6. The number of aryl methyl sites for hydroxylation is 1. The standard InChI is InChI=1S/C21H30N2O3.2C2HF3O2/c1-22-18-13-23(12-16-9-10-16)14-20(18)25-11-5-4-7-17-6-2-3-8-19(17)26-15-21(22)24;2*3-2(4,5)1(6)7/h2-3,6,8,16,18,20H,4-5,7,9-15H2,1H3;2*(H,6,7)/t18-,20+;;/m0../s1. The lowest BCUT2D eigenvalue weighted by atomic mass is 10.1. The maximum Gasteiger partial charge on any atom is 0.490 e. The number of likely N-dealkylation sites (tertiary alicyclic amines) is 1. The van der Waals surface area contributed by atoms with Crippen LogP contribution in [0.25, 0.3) is 0 Å². The molecule has 40 heavy (non-hydrogen) atoms. The number of carbonyl (C=O) groups is 3. The Bertz CT molecular complexity index is 977. The van der Waals surface area contributed by atoms with Gasteiger partial charge >= 0.3 is 24.3 Å². The molecule has 1 amide bonds. The van der Waals surface area contributed by atoms with Crippen molar-refractivity contribution in [1.29, 1.82) is 0 Å². The van der Waals surface area contributed by atoms with Crippen LogP contribution in [-0.2, 0) is 25.5 Å². The van der Waals surface area contributed by atoms with Gasteiger partial charge in [-0.2, -0.15) is 26.3 Å². The molecule has 226 valence electrons. The van der Waals surface area contributed by atoms with Crippen LogP contribution in [-0.4, -0.2) is 102 Å². The first-order valence-corrected chi connectivity index (χ1v) is 12.5. The van der Waals surface area contributed by atoms with Crippen LogP contribution >= 0.6 is 0 Å². The van der Waals surface area contributed by atoms with E-state index in [0.717, 1.165) is 57.2 Å². The van der Waals surface area contributed by atoms with Gasteiger partial charge in [-0.05, 0) is 49.7 Å². The molecule has 1 aliphatic carbocycles. The van der Waals surface area contributed by atoms with E-state index in [4.69, 9.17) is 29.3 Å². The number of ether oxygens (including phenoxy) is 2. The molecule has 0 unspecified atom stereocenters. The third kappa shape index (κ3) is 11.2. The number of carboxylic acids is 2. The first-order valence-electron chi connectivity index (χ1n) is 12.5. The van der Waals surface area contributed by atoms with E-state index in [-0.39, 0.29) is 24.7 Å². The molecule has 0 bridgehead atoms. The van der Waals surface area contributed by atoms with Crippen LogP contribution in [0, 0.1) is 5.92 Å². The van der Waals surface area contributed by atoms with E-state index in [1.54, 1.807) is 0 Å². The van der Waals surface area contributed by atoms with Crippen molar-refractivity contribution in [2.24, 2.45) is 5.92 Å². The molecule has 2 atom stereocenters. The molecule has 3 aliphatic rings. The molecular weight excluding hydrogens is 554 g/mol. The zero-order valence-corrected chi connectivity index (χ0v) is 21.7. The van der Waals surface area contributed by atoms with Gasteiger partial charge in [0.1, 0.15) is 5.75 Å². The minimum atomic E-state index is -5.08. The average molecular weight is 587 g/mol. The van der Waals surface area contributed by atoms with Crippen molar-refractivity contribution in [3.05, 3.63) is 29.8 Å². The number of carbonyl (C=O) groups excluding carboxylic acids is 1. The fourth-order valence-electron chi connectivity index (χ4n) is 4.11. The topological polar surface area (TPSA) is 117 Å². The maximum absolute atomic E-state index is 12.7. The Morgan fingerprint density at radius 3 is 2.10 bits per heavy atom. The largest absolute Gasteiger partial charge is 0.490 e. The molecular formula is C25H32F6N2O7. The molecule has 2 N–H and O–H groups in total. The number of likely N-dealkylation sites (N-methyl/N-ethyl adjacent to an activating group) is 1. The van der Waals surface area contributed by atoms with Gasteiger partial charge in [-0.25, -0.2) is 9.59 Å². The van der Waals surface area contributed by atoms with Gasteiger partial charge in [0, 0.05) is 33.3 Å². The summed E-state index contributed by atoms with van der Waals surface area (Å²) in [6.07, 6.45) is -4.26. The van der Waals surface area contributed by atoms with E-state index < -0.39 is 24.3 Å². The van der Waals surface area contributed by atoms with Gasteiger partial charge in [-0.15, -0.1) is 0 Å². The van der Waals surface area contributed by atoms with Gasteiger partial charge in [0.05, 0.1) is 12.1 Å². The Balaban J connectivity index is 0.000000333. The van der Waals surface area contributed by atoms with Gasteiger partial charge in [-0.3, -0.25) is 9.69 Å². The van der Waals surface area contributed by atoms with Gasteiger partial charge in [0.15, 0.2) is 6.61 Å². The summed E-state index contributed by atoms with van der Waals surface area (Å²) in [5, 5.41) is 14.2. The number of halogens is 6. The van der Waals surface area contributed by atoms with Crippen LogP contribution in [0.1, 0.15) is 31.2 Å². The Labute approximate surface area is 226 Å². The molecule has 0 aromatic heterocycles. The summed E-state index contributed by atoms with van der Waals surface area (Å²) >= 11 is 0. The molecule has 4 rings (SSSR count). The van der Waals surface area contributed by atoms with Crippen molar-refractivity contribution >= 4 is 17.8 Å². The van der Waals surface area contributed by atoms with Crippen molar-refractivity contribution in [3.63, 3.8) is 0 Å². The number of carboxylic acid groups (broad SMARTS) is 2. The summed E-state index contributed by atoms with van der Waals surface area (Å²) in [6.45, 7) is 3.88. The van der Waals surface area contributed by atoms with Crippen LogP contribution in [0.15, 0.2) is 24.3 Å². The summed E-state index contributed by atoms with van der Waals surface area (Å²) in [6, 6.07) is 8.18. The molecule has 1 aromatic carbocycles. The molecule has 0 radical (unpaired) electrons. The van der Waals surface area contributed by atoms with Crippen molar-refractivity contribution < 1.29 is 60.4 Å². The lowest BCUT2D eigenvalue weighted by molar-refractivity contribution is -0.193. The minimum Gasteiger partial charge on any atom is -0.483 e. The highest BCUT2D eigenvalue weighted by Crippen LogP contribution is 2.32. The Kier molecular flexibility index (Phi) is 12.0. The number of hydrogen-bond donors (Lipinski definition) is 2. The summed E-state index contributed by atoms with van der Waals surface area (Å²) < 4.78 is 75.6. The third-order valence-electron chi connectivity index (χ3n) is 6.40. The highest BCUT2D eigenvalue weighted by atomic mass is 19.4. The van der Waals surface area contributed by atoms with E-state index in [1.807, 2.05) is 30.1 Å². The number of para-hydroxylation sites is 1. The Hall–Kier alpha value is -3.07. The van der Waals surface area contributed by atoms with E-state index in [9.17, 15) is 31.1 Å². The van der Waals surface area contributed by atoms with Crippen LogP contribution in [0.3, 0.4) is 0 Å². The first kappa shape index (κ1) is 33.1. The summed E-state index contributed by atoms with van der Waals surface area (Å²) in [5.41, 5.74) is 1.18. The summed E-state index contributed by atoms with van der Waals surface area (Å²) in [5.74, 6) is -3.78. The van der Waals surface area contributed by atoms with Crippen LogP contribution in [0.2, 0.25) is 0 Å². The van der Waals surface area contributed by atoms with E-state index >= 15 is 0 Å². The maximum atomic E-state index is 12.7. The van der Waals surface area contributed by atoms with Crippen LogP contribution in [0.5, 0.6) is 5.75 Å². The molecule has 1 aromatic rings. The second kappa shape index (κ2) is 14.5. The second-order valence-corrected chi connectivity index (χ2v) is 9.60. The van der Waals surface area contributed by atoms with Crippen molar-refractivity contribution in [2.75, 3.05) is 39.9 Å². The predicted octanol–water partition coefficient (Wildman–Crippen LogP) is 3.61. The lowest BCUT2D eigenvalue weighted by Crippen LogP contribution is -2.47. The highest BCUT2D eigenvalue weighted by Gasteiger charge is 2.40. The quantitative estimate of drug-likeness (QED) is 0.505. The van der Waals surface area contributed by atoms with E-state index in [1.165, 1.54) is 18.4 Å². The lowest BCUT2D eigenvalue weighted by Gasteiger charge is -2.29. The smallest absolute Gasteiger partial charge is 0.483 e. The Morgan fingerprint density at radius 2 is 1.55 bits per heavy atom. The van der Waals surface area contributed by atoms with Gasteiger partial charge in [-0.1, -0.05) is 18.2 Å². The molecule has 9 nitrogen and oxygen atoms in total. The number of aliphatic carboxylic acids is 2. The molecule has 0 spiro atoms.